The van der Waals surface area contributed by atoms with E-state index in [0.717, 1.165) is 56.9 Å². The van der Waals surface area contributed by atoms with Gasteiger partial charge in [-0.2, -0.15) is 0 Å². The summed E-state index contributed by atoms with van der Waals surface area (Å²) in [7, 11) is 1.67. The Morgan fingerprint density at radius 2 is 2.00 bits per heavy atom. The molecule has 1 fully saturated rings. The van der Waals surface area contributed by atoms with Crippen LogP contribution < -0.4 is 4.74 Å². The fourth-order valence-electron chi connectivity index (χ4n) is 2.97. The number of carbonyl (C=O) groups is 1. The van der Waals surface area contributed by atoms with E-state index in [1.807, 2.05) is 30.0 Å². The van der Waals surface area contributed by atoms with Crippen molar-refractivity contribution in [2.45, 2.75) is 39.3 Å². The average molecular weight is 369 g/mol. The monoisotopic (exact) mass is 368 g/mol. The lowest BCUT2D eigenvalue weighted by molar-refractivity contribution is -0.144. The van der Waals surface area contributed by atoms with Gasteiger partial charge in [0.25, 0.3) is 5.91 Å². The summed E-state index contributed by atoms with van der Waals surface area (Å²) in [5.41, 5.74) is 1.08. The Labute approximate surface area is 155 Å². The predicted octanol–water partition coefficient (Wildman–Crippen LogP) is 3.20. The average Bonchev–Trinajstić information content (AvgIpc) is 2.62. The molecule has 0 N–H and O–H groups in total. The summed E-state index contributed by atoms with van der Waals surface area (Å²) in [4.78, 5) is 16.7. The number of methoxy groups -OCH3 is 1. The van der Waals surface area contributed by atoms with Gasteiger partial charge in [0, 0.05) is 49.9 Å². The molecule has 0 spiro atoms. The fourth-order valence-corrected chi connectivity index (χ4v) is 3.17. The van der Waals surface area contributed by atoms with Crippen LogP contribution in [0.25, 0.3) is 0 Å². The van der Waals surface area contributed by atoms with Gasteiger partial charge >= 0.3 is 0 Å². The predicted molar refractivity (Wildman–Crippen MR) is 100 cm³/mol. The van der Waals surface area contributed by atoms with Crippen LogP contribution in [0, 0.1) is 0 Å². The molecule has 1 heterocycles. The Balaban J connectivity index is 1.83. The molecule has 1 unspecified atom stereocenters. The van der Waals surface area contributed by atoms with Crippen molar-refractivity contribution < 1.29 is 14.3 Å². The second-order valence-corrected chi connectivity index (χ2v) is 6.86. The zero-order chi connectivity index (χ0) is 18.2. The molecular weight excluding hydrogens is 340 g/mol. The number of unbranched alkanes of at least 4 members (excludes halogenated alkanes) is 1. The summed E-state index contributed by atoms with van der Waals surface area (Å²) in [5.74, 6) is 0.942. The van der Waals surface area contributed by atoms with Crippen LogP contribution in [0.5, 0.6) is 5.75 Å². The van der Waals surface area contributed by atoms with Crippen molar-refractivity contribution >= 4 is 17.5 Å². The zero-order valence-electron chi connectivity index (χ0n) is 15.5. The SMILES string of the molecule is CCCCOC(C)C(=O)N1CCN(Cc2cc(Cl)ccc2OC)CC1. The molecule has 0 radical (unpaired) electrons. The summed E-state index contributed by atoms with van der Waals surface area (Å²) < 4.78 is 11.0. The second-order valence-electron chi connectivity index (χ2n) is 6.42. The molecule has 0 saturated carbocycles. The van der Waals surface area contributed by atoms with Crippen LogP contribution in [-0.4, -0.2) is 61.7 Å². The standard InChI is InChI=1S/C19H29ClN2O3/c1-4-5-12-25-15(2)19(23)22-10-8-21(9-11-22)14-16-13-17(20)6-7-18(16)24-3/h6-7,13,15H,4-5,8-12,14H2,1-3H3. The lowest BCUT2D eigenvalue weighted by Gasteiger charge is -2.36. The van der Waals surface area contributed by atoms with E-state index in [1.165, 1.54) is 0 Å². The number of hydrogen-bond donors (Lipinski definition) is 0. The van der Waals surface area contributed by atoms with E-state index in [1.54, 1.807) is 7.11 Å². The largest absolute Gasteiger partial charge is 0.496 e. The Morgan fingerprint density at radius 1 is 1.28 bits per heavy atom. The minimum absolute atomic E-state index is 0.0936. The molecule has 1 aliphatic rings. The third-order valence-corrected chi connectivity index (χ3v) is 4.77. The van der Waals surface area contributed by atoms with Crippen LogP contribution in [-0.2, 0) is 16.1 Å². The molecule has 1 aliphatic heterocycles. The van der Waals surface area contributed by atoms with Gasteiger partial charge in [0.15, 0.2) is 0 Å². The molecular formula is C19H29ClN2O3. The molecule has 5 nitrogen and oxygen atoms in total. The van der Waals surface area contributed by atoms with E-state index >= 15 is 0 Å². The third-order valence-electron chi connectivity index (χ3n) is 4.53. The lowest BCUT2D eigenvalue weighted by Crippen LogP contribution is -2.51. The van der Waals surface area contributed by atoms with Crippen LogP contribution in [0.2, 0.25) is 5.02 Å². The molecule has 1 atom stereocenters. The summed E-state index contributed by atoms with van der Waals surface area (Å²) >= 11 is 6.10. The van der Waals surface area contributed by atoms with Gasteiger partial charge in [0.1, 0.15) is 11.9 Å². The first-order valence-electron chi connectivity index (χ1n) is 9.00. The molecule has 1 saturated heterocycles. The third kappa shape index (κ3) is 5.87. The van der Waals surface area contributed by atoms with Crippen LogP contribution in [0.4, 0.5) is 0 Å². The van der Waals surface area contributed by atoms with Gasteiger partial charge in [-0.15, -0.1) is 0 Å². The quantitative estimate of drug-likeness (QED) is 0.661. The maximum Gasteiger partial charge on any atom is 0.251 e. The first kappa shape index (κ1) is 20.0. The number of benzene rings is 1. The van der Waals surface area contributed by atoms with E-state index in [0.29, 0.717) is 11.6 Å². The van der Waals surface area contributed by atoms with Gasteiger partial charge in [0.2, 0.25) is 0 Å². The molecule has 0 aromatic heterocycles. The number of ether oxygens (including phenoxy) is 2. The number of piperazine rings is 1. The van der Waals surface area contributed by atoms with Crippen LogP contribution in [0.15, 0.2) is 18.2 Å². The van der Waals surface area contributed by atoms with E-state index < -0.39 is 0 Å². The van der Waals surface area contributed by atoms with Crippen molar-refractivity contribution in [2.75, 3.05) is 39.9 Å². The van der Waals surface area contributed by atoms with Crippen molar-refractivity contribution in [1.29, 1.82) is 0 Å². The lowest BCUT2D eigenvalue weighted by atomic mass is 10.1. The first-order valence-corrected chi connectivity index (χ1v) is 9.38. The minimum Gasteiger partial charge on any atom is -0.496 e. The highest BCUT2D eigenvalue weighted by Gasteiger charge is 2.25. The van der Waals surface area contributed by atoms with Crippen molar-refractivity contribution in [3.05, 3.63) is 28.8 Å². The normalized spacial score (nSPS) is 16.7. The molecule has 2 rings (SSSR count). The van der Waals surface area contributed by atoms with E-state index in [9.17, 15) is 4.79 Å². The molecule has 6 heteroatoms. The molecule has 0 bridgehead atoms. The Hall–Kier alpha value is -1.30. The van der Waals surface area contributed by atoms with Crippen molar-refractivity contribution in [1.82, 2.24) is 9.80 Å². The van der Waals surface area contributed by atoms with Crippen LogP contribution in [0.1, 0.15) is 32.3 Å². The Bertz CT molecular complexity index is 560. The Kier molecular flexibility index (Phi) is 8.00. The minimum atomic E-state index is -0.355. The van der Waals surface area contributed by atoms with Gasteiger partial charge in [-0.05, 0) is 31.5 Å². The number of halogens is 1. The molecule has 1 aromatic rings. The summed E-state index contributed by atoms with van der Waals surface area (Å²) in [6.45, 7) is 8.51. The molecule has 0 aliphatic carbocycles. The highest BCUT2D eigenvalue weighted by Crippen LogP contribution is 2.24. The maximum atomic E-state index is 12.4. The second kappa shape index (κ2) is 10.00. The topological polar surface area (TPSA) is 42.0 Å². The number of rotatable bonds is 8. The number of hydrogen-bond acceptors (Lipinski definition) is 4. The maximum absolute atomic E-state index is 12.4. The molecule has 25 heavy (non-hydrogen) atoms. The highest BCUT2D eigenvalue weighted by atomic mass is 35.5. The van der Waals surface area contributed by atoms with E-state index in [-0.39, 0.29) is 12.0 Å². The Morgan fingerprint density at radius 3 is 2.64 bits per heavy atom. The van der Waals surface area contributed by atoms with Gasteiger partial charge in [-0.25, -0.2) is 0 Å². The highest BCUT2D eigenvalue weighted by molar-refractivity contribution is 6.30. The smallest absolute Gasteiger partial charge is 0.251 e. The first-order chi connectivity index (χ1) is 12.0. The number of amides is 1. The van der Waals surface area contributed by atoms with Crippen molar-refractivity contribution in [3.63, 3.8) is 0 Å². The van der Waals surface area contributed by atoms with Crippen LogP contribution >= 0.6 is 11.6 Å². The van der Waals surface area contributed by atoms with Crippen LogP contribution in [0.3, 0.4) is 0 Å². The number of carbonyl (C=O) groups excluding carboxylic acids is 1. The van der Waals surface area contributed by atoms with Gasteiger partial charge in [-0.1, -0.05) is 24.9 Å². The van der Waals surface area contributed by atoms with Crippen molar-refractivity contribution in [2.24, 2.45) is 0 Å². The summed E-state index contributed by atoms with van der Waals surface area (Å²) in [6, 6.07) is 5.68. The summed E-state index contributed by atoms with van der Waals surface area (Å²) in [5, 5.41) is 0.711. The zero-order valence-corrected chi connectivity index (χ0v) is 16.2. The van der Waals surface area contributed by atoms with Crippen molar-refractivity contribution in [3.8, 4) is 5.75 Å². The van der Waals surface area contributed by atoms with Gasteiger partial charge in [-0.3, -0.25) is 9.69 Å². The molecule has 1 aromatic carbocycles. The van der Waals surface area contributed by atoms with E-state index in [4.69, 9.17) is 21.1 Å². The van der Waals surface area contributed by atoms with E-state index in [2.05, 4.69) is 11.8 Å². The number of nitrogens with zero attached hydrogens (tertiary/aromatic N) is 2. The van der Waals surface area contributed by atoms with Gasteiger partial charge < -0.3 is 14.4 Å². The summed E-state index contributed by atoms with van der Waals surface area (Å²) in [6.07, 6.45) is 1.71. The van der Waals surface area contributed by atoms with Gasteiger partial charge in [0.05, 0.1) is 7.11 Å². The molecule has 1 amide bonds. The fraction of sp³-hybridized carbons (Fsp3) is 0.632. The molecule has 140 valence electrons.